The summed E-state index contributed by atoms with van der Waals surface area (Å²) in [5, 5.41) is 6.36. The van der Waals surface area contributed by atoms with Gasteiger partial charge in [-0.2, -0.15) is 0 Å². The Hall–Kier alpha value is -1.30. The third-order valence-electron chi connectivity index (χ3n) is 2.54. The Morgan fingerprint density at radius 1 is 1.21 bits per heavy atom. The van der Waals surface area contributed by atoms with Crippen LogP contribution in [0.2, 0.25) is 0 Å². The molecule has 1 amide bonds. The molecule has 0 radical (unpaired) electrons. The summed E-state index contributed by atoms with van der Waals surface area (Å²) in [6, 6.07) is 0. The number of aliphatic imine (C=N–C) groups is 1. The third-order valence-corrected chi connectivity index (χ3v) is 2.54. The zero-order valence-electron chi connectivity index (χ0n) is 12.7. The predicted molar refractivity (Wildman–Crippen MR) is 78.4 cm³/mol. The number of amides is 1. The maximum atomic E-state index is 11.5. The van der Waals surface area contributed by atoms with E-state index in [2.05, 4.69) is 22.5 Å². The van der Waals surface area contributed by atoms with Gasteiger partial charge >= 0.3 is 0 Å². The number of ether oxygens (including phenoxy) is 1. The van der Waals surface area contributed by atoms with Crippen LogP contribution in [0.5, 0.6) is 0 Å². The quantitative estimate of drug-likeness (QED) is 0.363. The summed E-state index contributed by atoms with van der Waals surface area (Å²) in [5.41, 5.74) is 0. The topological polar surface area (TPSA) is 66.0 Å². The number of nitrogens with one attached hydrogen (secondary N) is 2. The first kappa shape index (κ1) is 17.7. The van der Waals surface area contributed by atoms with Crippen molar-refractivity contribution in [1.82, 2.24) is 15.5 Å². The highest BCUT2D eigenvalue weighted by Gasteiger charge is 2.03. The first-order valence-corrected chi connectivity index (χ1v) is 6.83. The number of methoxy groups -OCH3 is 1. The molecule has 0 unspecified atom stereocenters. The van der Waals surface area contributed by atoms with Crippen LogP contribution in [0, 0.1) is 0 Å². The average Bonchev–Trinajstić information content (AvgIpc) is 2.39. The van der Waals surface area contributed by atoms with Crippen molar-refractivity contribution < 1.29 is 9.53 Å². The molecule has 0 aliphatic rings. The second-order valence-electron chi connectivity index (χ2n) is 4.51. The molecule has 19 heavy (non-hydrogen) atoms. The number of guanidine groups is 1. The van der Waals surface area contributed by atoms with Crippen LogP contribution in [-0.4, -0.2) is 64.2 Å². The fourth-order valence-corrected chi connectivity index (χ4v) is 1.32. The van der Waals surface area contributed by atoms with Crippen molar-refractivity contribution in [2.24, 2.45) is 4.99 Å². The molecule has 0 saturated carbocycles. The van der Waals surface area contributed by atoms with Gasteiger partial charge in [0.05, 0.1) is 6.61 Å². The van der Waals surface area contributed by atoms with Crippen molar-refractivity contribution in [3.8, 4) is 0 Å². The van der Waals surface area contributed by atoms with Crippen molar-refractivity contribution >= 4 is 11.9 Å². The van der Waals surface area contributed by atoms with E-state index in [1.807, 2.05) is 0 Å². The van der Waals surface area contributed by atoms with E-state index in [1.54, 1.807) is 21.2 Å². The minimum atomic E-state index is -0.0126. The number of nitrogens with zero attached hydrogens (tertiary/aromatic N) is 2. The Bertz CT molecular complexity index is 267. The number of hydrogen-bond acceptors (Lipinski definition) is 3. The Kier molecular flexibility index (Phi) is 11.0. The molecular weight excluding hydrogens is 244 g/mol. The second kappa shape index (κ2) is 11.8. The van der Waals surface area contributed by atoms with E-state index in [4.69, 9.17) is 4.74 Å². The molecule has 6 nitrogen and oxygen atoms in total. The molecule has 0 fully saturated rings. The van der Waals surface area contributed by atoms with Crippen LogP contribution in [0.4, 0.5) is 0 Å². The van der Waals surface area contributed by atoms with E-state index in [-0.39, 0.29) is 12.5 Å². The first-order valence-electron chi connectivity index (χ1n) is 6.83. The molecule has 0 aromatic heterocycles. The maximum Gasteiger partial charge on any atom is 0.243 e. The number of carbonyl (C=O) groups excluding carboxylic acids is 1. The van der Waals surface area contributed by atoms with Crippen LogP contribution in [0.3, 0.4) is 0 Å². The average molecular weight is 272 g/mol. The minimum absolute atomic E-state index is 0.0126. The van der Waals surface area contributed by atoms with Crippen molar-refractivity contribution in [1.29, 1.82) is 0 Å². The molecule has 0 saturated heterocycles. The van der Waals surface area contributed by atoms with E-state index in [9.17, 15) is 4.79 Å². The Morgan fingerprint density at radius 2 is 1.89 bits per heavy atom. The molecule has 0 aromatic rings. The van der Waals surface area contributed by atoms with E-state index in [1.165, 1.54) is 17.7 Å². The van der Waals surface area contributed by atoms with Crippen LogP contribution in [0.15, 0.2) is 4.99 Å². The van der Waals surface area contributed by atoms with Crippen molar-refractivity contribution in [2.75, 3.05) is 47.4 Å². The molecule has 6 heteroatoms. The number of hydrogen-bond donors (Lipinski definition) is 2. The summed E-state index contributed by atoms with van der Waals surface area (Å²) in [7, 11) is 5.11. The van der Waals surface area contributed by atoms with Gasteiger partial charge in [-0.3, -0.25) is 4.79 Å². The first-order chi connectivity index (χ1) is 9.11. The summed E-state index contributed by atoms with van der Waals surface area (Å²) in [5.74, 6) is 0.657. The summed E-state index contributed by atoms with van der Waals surface area (Å²) in [4.78, 5) is 17.3. The summed E-state index contributed by atoms with van der Waals surface area (Å²) < 4.78 is 4.98. The Morgan fingerprint density at radius 3 is 2.47 bits per heavy atom. The standard InChI is InChI=1S/C13H28N4O2/c1-5-6-7-8-14-13(15-9-10-19-4)16-11-12(18)17(2)3/h5-11H2,1-4H3,(H2,14,15,16). The normalized spacial score (nSPS) is 11.3. The highest BCUT2D eigenvalue weighted by molar-refractivity contribution is 5.84. The molecule has 2 N–H and O–H groups in total. The van der Waals surface area contributed by atoms with Crippen molar-refractivity contribution in [2.45, 2.75) is 26.2 Å². The number of likely N-dealkylation sites (N-methyl/N-ethyl adjacent to an activating group) is 1. The van der Waals surface area contributed by atoms with Gasteiger partial charge in [-0.15, -0.1) is 0 Å². The van der Waals surface area contributed by atoms with E-state index < -0.39 is 0 Å². The lowest BCUT2D eigenvalue weighted by Gasteiger charge is -2.13. The van der Waals surface area contributed by atoms with Gasteiger partial charge in [0.25, 0.3) is 0 Å². The molecule has 0 heterocycles. The summed E-state index contributed by atoms with van der Waals surface area (Å²) >= 11 is 0. The molecule has 0 bridgehead atoms. The van der Waals surface area contributed by atoms with E-state index in [0.29, 0.717) is 19.1 Å². The molecule has 0 rings (SSSR count). The van der Waals surface area contributed by atoms with E-state index in [0.717, 1.165) is 13.0 Å². The van der Waals surface area contributed by atoms with Gasteiger partial charge in [-0.25, -0.2) is 4.99 Å². The molecule has 0 aromatic carbocycles. The fraction of sp³-hybridized carbons (Fsp3) is 0.846. The predicted octanol–water partition coefficient (Wildman–Crippen LogP) is 0.446. The van der Waals surface area contributed by atoms with Gasteiger partial charge in [0, 0.05) is 34.3 Å². The number of carbonyl (C=O) groups is 1. The lowest BCUT2D eigenvalue weighted by Crippen LogP contribution is -2.40. The fourth-order valence-electron chi connectivity index (χ4n) is 1.32. The largest absolute Gasteiger partial charge is 0.383 e. The van der Waals surface area contributed by atoms with Gasteiger partial charge in [0.2, 0.25) is 5.91 Å². The van der Waals surface area contributed by atoms with Crippen LogP contribution >= 0.6 is 0 Å². The van der Waals surface area contributed by atoms with Crippen molar-refractivity contribution in [3.63, 3.8) is 0 Å². The SMILES string of the molecule is CCCCCNC(=NCC(=O)N(C)C)NCCOC. The zero-order valence-corrected chi connectivity index (χ0v) is 12.7. The molecule has 0 atom stereocenters. The van der Waals surface area contributed by atoms with Crippen LogP contribution < -0.4 is 10.6 Å². The maximum absolute atomic E-state index is 11.5. The van der Waals surface area contributed by atoms with Gasteiger partial charge in [0.15, 0.2) is 5.96 Å². The second-order valence-corrected chi connectivity index (χ2v) is 4.51. The number of unbranched alkanes of at least 4 members (excludes halogenated alkanes) is 2. The summed E-state index contributed by atoms with van der Waals surface area (Å²) in [6.07, 6.45) is 3.47. The van der Waals surface area contributed by atoms with Crippen LogP contribution in [0.25, 0.3) is 0 Å². The Balaban J connectivity index is 4.14. The van der Waals surface area contributed by atoms with Crippen LogP contribution in [-0.2, 0) is 9.53 Å². The Labute approximate surface area is 116 Å². The molecule has 0 aliphatic heterocycles. The molecular formula is C13H28N4O2. The van der Waals surface area contributed by atoms with Gasteiger partial charge in [-0.05, 0) is 6.42 Å². The minimum Gasteiger partial charge on any atom is -0.383 e. The van der Waals surface area contributed by atoms with Gasteiger partial charge in [0.1, 0.15) is 6.54 Å². The third kappa shape index (κ3) is 10.3. The highest BCUT2D eigenvalue weighted by atomic mass is 16.5. The smallest absolute Gasteiger partial charge is 0.243 e. The molecule has 0 aliphatic carbocycles. The van der Waals surface area contributed by atoms with Gasteiger partial charge < -0.3 is 20.3 Å². The molecule has 0 spiro atoms. The zero-order chi connectivity index (χ0) is 14.5. The van der Waals surface area contributed by atoms with Gasteiger partial charge in [-0.1, -0.05) is 19.8 Å². The van der Waals surface area contributed by atoms with Crippen LogP contribution in [0.1, 0.15) is 26.2 Å². The number of rotatable bonds is 9. The van der Waals surface area contributed by atoms with E-state index >= 15 is 0 Å². The monoisotopic (exact) mass is 272 g/mol. The summed E-state index contributed by atoms with van der Waals surface area (Å²) in [6.45, 7) is 4.47. The highest BCUT2D eigenvalue weighted by Crippen LogP contribution is 1.91. The lowest BCUT2D eigenvalue weighted by molar-refractivity contribution is -0.127. The molecule has 112 valence electrons. The lowest BCUT2D eigenvalue weighted by atomic mass is 10.2. The van der Waals surface area contributed by atoms with Crippen molar-refractivity contribution in [3.05, 3.63) is 0 Å².